The van der Waals surface area contributed by atoms with Gasteiger partial charge in [-0.05, 0) is 36.3 Å². The Balaban J connectivity index is 1.55. The summed E-state index contributed by atoms with van der Waals surface area (Å²) in [5, 5.41) is 9.68. The average molecular weight is 423 g/mol. The maximum atomic E-state index is 12.6. The zero-order valence-electron chi connectivity index (χ0n) is 18.2. The third kappa shape index (κ3) is 7.32. The lowest BCUT2D eigenvalue weighted by Crippen LogP contribution is -2.28. The van der Waals surface area contributed by atoms with E-state index in [-0.39, 0.29) is 18.3 Å². The van der Waals surface area contributed by atoms with Gasteiger partial charge in [0.05, 0.1) is 0 Å². The van der Waals surface area contributed by atoms with E-state index in [0.29, 0.717) is 25.4 Å². The number of hydrogen-bond donors (Lipinski definition) is 1. The normalized spacial score (nSPS) is 15.6. The molecule has 1 unspecified atom stereocenters. The molecule has 1 atom stereocenters. The van der Waals surface area contributed by atoms with Gasteiger partial charge in [-0.1, -0.05) is 92.8 Å². The summed E-state index contributed by atoms with van der Waals surface area (Å²) in [6.07, 6.45) is 8.25. The summed E-state index contributed by atoms with van der Waals surface area (Å²) in [4.78, 5) is 24.4. The molecular formula is C27H34O4. The Morgan fingerprint density at radius 1 is 0.871 bits per heavy atom. The van der Waals surface area contributed by atoms with Gasteiger partial charge in [0.25, 0.3) is 0 Å². The zero-order valence-corrected chi connectivity index (χ0v) is 18.2. The summed E-state index contributed by atoms with van der Waals surface area (Å²) >= 11 is 0. The van der Waals surface area contributed by atoms with Gasteiger partial charge in [-0.3, -0.25) is 9.59 Å². The first-order valence-corrected chi connectivity index (χ1v) is 11.6. The SMILES string of the molecule is O=C(O)C(CCC(c1ccccc1)c1ccccc1)C(=O)COCCC1CCCCC1. The molecule has 31 heavy (non-hydrogen) atoms. The molecule has 1 saturated carbocycles. The van der Waals surface area contributed by atoms with Crippen molar-refractivity contribution in [3.05, 3.63) is 71.8 Å². The first-order valence-electron chi connectivity index (χ1n) is 11.6. The van der Waals surface area contributed by atoms with Gasteiger partial charge in [0.15, 0.2) is 5.78 Å². The number of carbonyl (C=O) groups is 2. The lowest BCUT2D eigenvalue weighted by atomic mass is 9.84. The zero-order chi connectivity index (χ0) is 21.9. The molecule has 0 radical (unpaired) electrons. The van der Waals surface area contributed by atoms with E-state index in [2.05, 4.69) is 24.3 Å². The van der Waals surface area contributed by atoms with Gasteiger partial charge in [0.1, 0.15) is 12.5 Å². The van der Waals surface area contributed by atoms with Gasteiger partial charge in [-0.25, -0.2) is 0 Å². The third-order valence-electron chi connectivity index (χ3n) is 6.47. The fourth-order valence-electron chi connectivity index (χ4n) is 4.65. The summed E-state index contributed by atoms with van der Waals surface area (Å²) < 4.78 is 5.59. The maximum absolute atomic E-state index is 12.6. The smallest absolute Gasteiger partial charge is 0.314 e. The summed E-state index contributed by atoms with van der Waals surface area (Å²) in [5.41, 5.74) is 2.27. The Kier molecular flexibility index (Phi) is 9.29. The molecule has 2 aromatic carbocycles. The van der Waals surface area contributed by atoms with Crippen LogP contribution in [0.15, 0.2) is 60.7 Å². The Hall–Kier alpha value is -2.46. The first kappa shape index (κ1) is 23.2. The molecule has 2 aromatic rings. The molecule has 0 bridgehead atoms. The molecule has 0 heterocycles. The molecule has 0 saturated heterocycles. The van der Waals surface area contributed by atoms with Gasteiger partial charge in [-0.15, -0.1) is 0 Å². The Morgan fingerprint density at radius 3 is 2.00 bits per heavy atom. The number of benzene rings is 2. The number of ether oxygens (including phenoxy) is 1. The summed E-state index contributed by atoms with van der Waals surface area (Å²) in [6.45, 7) is 0.435. The Bertz CT molecular complexity index is 757. The molecule has 0 aromatic heterocycles. The van der Waals surface area contributed by atoms with Crippen LogP contribution in [0.5, 0.6) is 0 Å². The van der Waals surface area contributed by atoms with E-state index in [1.807, 2.05) is 36.4 Å². The predicted octanol–water partition coefficient (Wildman–Crippen LogP) is 5.86. The monoisotopic (exact) mass is 422 g/mol. The fraction of sp³-hybridized carbons (Fsp3) is 0.481. The highest BCUT2D eigenvalue weighted by atomic mass is 16.5. The summed E-state index contributed by atoms with van der Waals surface area (Å²) in [7, 11) is 0. The predicted molar refractivity (Wildman–Crippen MR) is 122 cm³/mol. The van der Waals surface area contributed by atoms with E-state index in [9.17, 15) is 14.7 Å². The van der Waals surface area contributed by atoms with Crippen molar-refractivity contribution in [2.24, 2.45) is 11.8 Å². The second-order valence-corrected chi connectivity index (χ2v) is 8.65. The molecule has 4 nitrogen and oxygen atoms in total. The van der Waals surface area contributed by atoms with Crippen LogP contribution in [0.2, 0.25) is 0 Å². The maximum Gasteiger partial charge on any atom is 0.314 e. The minimum absolute atomic E-state index is 0.0595. The van der Waals surface area contributed by atoms with E-state index < -0.39 is 11.9 Å². The lowest BCUT2D eigenvalue weighted by Gasteiger charge is -2.21. The molecule has 0 amide bonds. The van der Waals surface area contributed by atoms with Crippen LogP contribution in [-0.4, -0.2) is 30.1 Å². The van der Waals surface area contributed by atoms with Crippen LogP contribution < -0.4 is 0 Å². The topological polar surface area (TPSA) is 63.6 Å². The Labute approximate surface area is 185 Å². The van der Waals surface area contributed by atoms with Crippen LogP contribution in [0.25, 0.3) is 0 Å². The number of carboxylic acids is 1. The number of carboxylic acid groups (broad SMARTS) is 1. The first-order chi connectivity index (χ1) is 15.1. The molecule has 4 heteroatoms. The number of Topliss-reactive ketones (excluding diaryl/α,β-unsaturated/α-hetero) is 1. The summed E-state index contributed by atoms with van der Waals surface area (Å²) in [6, 6.07) is 20.1. The van der Waals surface area contributed by atoms with Crippen LogP contribution >= 0.6 is 0 Å². The van der Waals surface area contributed by atoms with Gasteiger partial charge >= 0.3 is 5.97 Å². The number of carbonyl (C=O) groups excluding carboxylic acids is 1. The standard InChI is InChI=1S/C27H34O4/c28-26(20-31-19-18-21-10-4-1-5-11-21)25(27(29)30)17-16-24(22-12-6-2-7-13-22)23-14-8-3-9-15-23/h2-3,6-9,12-15,21,24-25H,1,4-5,10-11,16-20H2,(H,29,30). The number of rotatable bonds is 12. The minimum Gasteiger partial charge on any atom is -0.481 e. The van der Waals surface area contributed by atoms with Gasteiger partial charge in [0, 0.05) is 12.5 Å². The van der Waals surface area contributed by atoms with Gasteiger partial charge < -0.3 is 9.84 Å². The van der Waals surface area contributed by atoms with Crippen molar-refractivity contribution in [3.63, 3.8) is 0 Å². The van der Waals surface area contributed by atoms with E-state index in [1.165, 1.54) is 32.1 Å². The van der Waals surface area contributed by atoms with E-state index in [1.54, 1.807) is 0 Å². The molecule has 1 aliphatic rings. The van der Waals surface area contributed by atoms with E-state index >= 15 is 0 Å². The number of ketones is 1. The highest BCUT2D eigenvalue weighted by molar-refractivity contribution is 5.98. The lowest BCUT2D eigenvalue weighted by molar-refractivity contribution is -0.148. The highest BCUT2D eigenvalue weighted by Gasteiger charge is 2.28. The van der Waals surface area contributed by atoms with Crippen LogP contribution in [0.1, 0.15) is 68.4 Å². The van der Waals surface area contributed by atoms with Crippen molar-refractivity contribution in [3.8, 4) is 0 Å². The van der Waals surface area contributed by atoms with E-state index in [0.717, 1.165) is 17.5 Å². The van der Waals surface area contributed by atoms with Gasteiger partial charge in [-0.2, -0.15) is 0 Å². The van der Waals surface area contributed by atoms with Crippen LogP contribution in [0.4, 0.5) is 0 Å². The van der Waals surface area contributed by atoms with Crippen molar-refractivity contribution in [2.75, 3.05) is 13.2 Å². The van der Waals surface area contributed by atoms with Crippen molar-refractivity contribution >= 4 is 11.8 Å². The van der Waals surface area contributed by atoms with Crippen molar-refractivity contribution < 1.29 is 19.4 Å². The number of hydrogen-bond acceptors (Lipinski definition) is 3. The molecule has 0 spiro atoms. The summed E-state index contributed by atoms with van der Waals surface area (Å²) in [5.74, 6) is -1.65. The molecule has 1 N–H and O–H groups in total. The van der Waals surface area contributed by atoms with Crippen LogP contribution in [0.3, 0.4) is 0 Å². The molecule has 166 valence electrons. The molecule has 3 rings (SSSR count). The van der Waals surface area contributed by atoms with Crippen LogP contribution in [0, 0.1) is 11.8 Å². The quantitative estimate of drug-likeness (QED) is 0.344. The second kappa shape index (κ2) is 12.4. The van der Waals surface area contributed by atoms with Crippen molar-refractivity contribution in [2.45, 2.75) is 57.3 Å². The van der Waals surface area contributed by atoms with E-state index in [4.69, 9.17) is 4.74 Å². The van der Waals surface area contributed by atoms with Crippen LogP contribution in [-0.2, 0) is 14.3 Å². The molecular weight excluding hydrogens is 388 g/mol. The molecule has 0 aliphatic heterocycles. The average Bonchev–Trinajstić information content (AvgIpc) is 2.81. The molecule has 1 aliphatic carbocycles. The largest absolute Gasteiger partial charge is 0.481 e. The van der Waals surface area contributed by atoms with Gasteiger partial charge in [0.2, 0.25) is 0 Å². The van der Waals surface area contributed by atoms with Crippen molar-refractivity contribution in [1.29, 1.82) is 0 Å². The second-order valence-electron chi connectivity index (χ2n) is 8.65. The highest BCUT2D eigenvalue weighted by Crippen LogP contribution is 2.31. The molecule has 1 fully saturated rings. The fourth-order valence-corrected chi connectivity index (χ4v) is 4.65. The Morgan fingerprint density at radius 2 is 1.45 bits per heavy atom. The van der Waals surface area contributed by atoms with Crippen molar-refractivity contribution in [1.82, 2.24) is 0 Å². The third-order valence-corrected chi connectivity index (χ3v) is 6.47. The number of aliphatic carboxylic acids is 1. The minimum atomic E-state index is -1.05.